The lowest BCUT2D eigenvalue weighted by Gasteiger charge is -2.21. The Morgan fingerprint density at radius 1 is 1.00 bits per heavy atom. The van der Waals surface area contributed by atoms with Gasteiger partial charge in [-0.25, -0.2) is 4.98 Å². The molecule has 1 unspecified atom stereocenters. The highest BCUT2D eigenvalue weighted by Crippen LogP contribution is 2.36. The molecule has 1 fully saturated rings. The maximum Gasteiger partial charge on any atom is 0.208 e. The first kappa shape index (κ1) is 17.1. The molecular weight excluding hydrogens is 368 g/mol. The molecule has 3 heterocycles. The zero-order chi connectivity index (χ0) is 18.8. The van der Waals surface area contributed by atoms with Crippen LogP contribution in [0.25, 0.3) is 11.4 Å². The molecule has 28 heavy (non-hydrogen) atoms. The highest BCUT2D eigenvalue weighted by Gasteiger charge is 2.31. The van der Waals surface area contributed by atoms with Crippen molar-refractivity contribution in [3.05, 3.63) is 77.1 Å². The molecule has 2 aromatic carbocycles. The molecule has 1 saturated heterocycles. The molecule has 6 nitrogen and oxygen atoms in total. The molecular formula is C21H20N6S. The molecule has 0 saturated carbocycles. The van der Waals surface area contributed by atoms with Gasteiger partial charge >= 0.3 is 0 Å². The highest BCUT2D eigenvalue weighted by molar-refractivity contribution is 7.15. The van der Waals surface area contributed by atoms with Gasteiger partial charge in [0.15, 0.2) is 5.82 Å². The Kier molecular flexibility index (Phi) is 4.58. The van der Waals surface area contributed by atoms with E-state index in [4.69, 9.17) is 4.98 Å². The lowest BCUT2D eigenvalue weighted by molar-refractivity contribution is 0.666. The summed E-state index contributed by atoms with van der Waals surface area (Å²) < 4.78 is 0. The fourth-order valence-electron chi connectivity index (χ4n) is 3.62. The number of nitrogens with zero attached hydrogens (tertiary/aromatic N) is 5. The zero-order valence-corrected chi connectivity index (χ0v) is 16.1. The van der Waals surface area contributed by atoms with Crippen molar-refractivity contribution in [1.29, 1.82) is 0 Å². The van der Waals surface area contributed by atoms with E-state index in [1.165, 1.54) is 5.56 Å². The van der Waals surface area contributed by atoms with E-state index in [1.807, 2.05) is 36.4 Å². The van der Waals surface area contributed by atoms with Crippen LogP contribution in [0.3, 0.4) is 0 Å². The summed E-state index contributed by atoms with van der Waals surface area (Å²) in [7, 11) is 0. The number of aromatic nitrogens is 5. The van der Waals surface area contributed by atoms with Crippen molar-refractivity contribution < 1.29 is 0 Å². The smallest absolute Gasteiger partial charge is 0.208 e. The van der Waals surface area contributed by atoms with Gasteiger partial charge in [-0.05, 0) is 18.4 Å². The minimum absolute atomic E-state index is 0.169. The van der Waals surface area contributed by atoms with Gasteiger partial charge in [-0.3, -0.25) is 5.10 Å². The SMILES string of the molecule is c1ccc(Cc2nnc(N3CCCC3c3nc(-c4ccccc4)n[nH]3)s2)cc1. The maximum absolute atomic E-state index is 4.76. The maximum atomic E-state index is 4.76. The zero-order valence-electron chi connectivity index (χ0n) is 15.3. The third-order valence-corrected chi connectivity index (χ3v) is 5.96. The van der Waals surface area contributed by atoms with Crippen LogP contribution in [-0.2, 0) is 6.42 Å². The average molecular weight is 388 g/mol. The standard InChI is InChI=1S/C21H20N6S/c1-3-8-15(9-4-1)14-18-23-26-21(28-18)27-13-7-12-17(27)20-22-19(24-25-20)16-10-5-2-6-11-16/h1-6,8-11,17H,7,12-14H2,(H,22,24,25). The number of rotatable bonds is 5. The van der Waals surface area contributed by atoms with E-state index in [2.05, 4.69) is 49.6 Å². The summed E-state index contributed by atoms with van der Waals surface area (Å²) in [6, 6.07) is 20.6. The van der Waals surface area contributed by atoms with Gasteiger partial charge in [-0.1, -0.05) is 72.0 Å². The monoisotopic (exact) mass is 388 g/mol. The highest BCUT2D eigenvalue weighted by atomic mass is 32.1. The first-order chi connectivity index (χ1) is 13.9. The van der Waals surface area contributed by atoms with E-state index in [9.17, 15) is 0 Å². The van der Waals surface area contributed by atoms with Crippen molar-refractivity contribution in [1.82, 2.24) is 25.4 Å². The Labute approximate surface area is 167 Å². The van der Waals surface area contributed by atoms with Crippen LogP contribution in [-0.4, -0.2) is 31.9 Å². The van der Waals surface area contributed by atoms with Gasteiger partial charge in [-0.15, -0.1) is 10.2 Å². The molecule has 2 aromatic heterocycles. The summed E-state index contributed by atoms with van der Waals surface area (Å²) in [5.41, 5.74) is 2.28. The molecule has 0 amide bonds. The molecule has 1 aliphatic heterocycles. The minimum Gasteiger partial charge on any atom is -0.336 e. The predicted molar refractivity (Wildman–Crippen MR) is 110 cm³/mol. The summed E-state index contributed by atoms with van der Waals surface area (Å²) in [5, 5.41) is 18.5. The summed E-state index contributed by atoms with van der Waals surface area (Å²) in [6.07, 6.45) is 2.97. The lowest BCUT2D eigenvalue weighted by atomic mass is 10.2. The van der Waals surface area contributed by atoms with E-state index >= 15 is 0 Å². The molecule has 5 rings (SSSR count). The van der Waals surface area contributed by atoms with Gasteiger partial charge in [0.25, 0.3) is 0 Å². The summed E-state index contributed by atoms with van der Waals surface area (Å²) in [4.78, 5) is 7.07. The number of aromatic amines is 1. The number of nitrogens with one attached hydrogen (secondary N) is 1. The average Bonchev–Trinajstić information content (AvgIpc) is 3.49. The van der Waals surface area contributed by atoms with Crippen LogP contribution in [0.15, 0.2) is 60.7 Å². The first-order valence-corrected chi connectivity index (χ1v) is 10.3. The van der Waals surface area contributed by atoms with Gasteiger partial charge in [0.05, 0.1) is 6.04 Å². The number of H-pyrrole nitrogens is 1. The third kappa shape index (κ3) is 3.41. The normalized spacial score (nSPS) is 16.6. The molecule has 1 atom stereocenters. The Balaban J connectivity index is 1.36. The second-order valence-corrected chi connectivity index (χ2v) is 7.94. The molecule has 0 radical (unpaired) electrons. The van der Waals surface area contributed by atoms with Crippen molar-refractivity contribution in [3.63, 3.8) is 0 Å². The van der Waals surface area contributed by atoms with Gasteiger partial charge in [0.1, 0.15) is 10.8 Å². The predicted octanol–water partition coefficient (Wildman–Crippen LogP) is 4.26. The second-order valence-electron chi connectivity index (χ2n) is 6.90. The van der Waals surface area contributed by atoms with E-state index in [-0.39, 0.29) is 6.04 Å². The van der Waals surface area contributed by atoms with Crippen LogP contribution in [0.4, 0.5) is 5.13 Å². The summed E-state index contributed by atoms with van der Waals surface area (Å²) in [5.74, 6) is 1.64. The van der Waals surface area contributed by atoms with E-state index in [1.54, 1.807) is 11.3 Å². The number of benzene rings is 2. The second kappa shape index (κ2) is 7.52. The van der Waals surface area contributed by atoms with Crippen molar-refractivity contribution in [2.75, 3.05) is 11.4 Å². The molecule has 140 valence electrons. The van der Waals surface area contributed by atoms with Crippen molar-refractivity contribution in [3.8, 4) is 11.4 Å². The van der Waals surface area contributed by atoms with E-state index in [0.29, 0.717) is 0 Å². The molecule has 0 spiro atoms. The Morgan fingerprint density at radius 2 is 1.79 bits per heavy atom. The van der Waals surface area contributed by atoms with Crippen molar-refractivity contribution >= 4 is 16.5 Å². The Hall–Kier alpha value is -3.06. The molecule has 7 heteroatoms. The van der Waals surface area contributed by atoms with Crippen molar-refractivity contribution in [2.24, 2.45) is 0 Å². The van der Waals surface area contributed by atoms with Gasteiger partial charge < -0.3 is 4.90 Å². The van der Waals surface area contributed by atoms with E-state index in [0.717, 1.165) is 53.2 Å². The van der Waals surface area contributed by atoms with Crippen molar-refractivity contribution in [2.45, 2.75) is 25.3 Å². The Bertz CT molecular complexity index is 1040. The summed E-state index contributed by atoms with van der Waals surface area (Å²) in [6.45, 7) is 0.964. The fraction of sp³-hybridized carbons (Fsp3) is 0.238. The topological polar surface area (TPSA) is 70.6 Å². The summed E-state index contributed by atoms with van der Waals surface area (Å²) >= 11 is 1.67. The van der Waals surface area contributed by atoms with E-state index < -0.39 is 0 Å². The molecule has 0 aliphatic carbocycles. The minimum atomic E-state index is 0.169. The molecule has 4 aromatic rings. The molecule has 1 aliphatic rings. The number of hydrogen-bond acceptors (Lipinski definition) is 6. The molecule has 0 bridgehead atoms. The van der Waals surface area contributed by atoms with Crippen LogP contribution >= 0.6 is 11.3 Å². The van der Waals surface area contributed by atoms with Crippen LogP contribution < -0.4 is 4.90 Å². The third-order valence-electron chi connectivity index (χ3n) is 5.00. The first-order valence-electron chi connectivity index (χ1n) is 9.47. The number of anilines is 1. The quantitative estimate of drug-likeness (QED) is 0.553. The van der Waals surface area contributed by atoms with Gasteiger partial charge in [0, 0.05) is 18.5 Å². The number of hydrogen-bond donors (Lipinski definition) is 1. The van der Waals surface area contributed by atoms with Crippen LogP contribution in [0.2, 0.25) is 0 Å². The molecule has 1 N–H and O–H groups in total. The van der Waals surface area contributed by atoms with Crippen LogP contribution in [0.5, 0.6) is 0 Å². The largest absolute Gasteiger partial charge is 0.336 e. The van der Waals surface area contributed by atoms with Crippen LogP contribution in [0.1, 0.15) is 35.3 Å². The van der Waals surface area contributed by atoms with Gasteiger partial charge in [-0.2, -0.15) is 5.10 Å². The lowest BCUT2D eigenvalue weighted by Crippen LogP contribution is -2.23. The van der Waals surface area contributed by atoms with Gasteiger partial charge in [0.2, 0.25) is 5.13 Å². The van der Waals surface area contributed by atoms with Crippen LogP contribution in [0, 0.1) is 0 Å². The Morgan fingerprint density at radius 3 is 2.61 bits per heavy atom. The fourth-order valence-corrected chi connectivity index (χ4v) is 4.57.